The normalized spacial score (nSPS) is 11.7. The SMILES string of the molecule is CC(C)SCC(=O)N(C)C(COCCC(=O)C(C)C)COCCC(=O)C(C)C. The number of likely N-dealkylation sites (N-methyl/N-ethyl adjacent to an activating group) is 1. The molecule has 0 radical (unpaired) electrons. The molecule has 0 saturated heterocycles. The number of ketones is 2. The van der Waals surface area contributed by atoms with Crippen LogP contribution in [-0.2, 0) is 23.9 Å². The van der Waals surface area contributed by atoms with Crippen molar-refractivity contribution in [3.05, 3.63) is 0 Å². The van der Waals surface area contributed by atoms with Gasteiger partial charge in [0, 0.05) is 31.7 Å². The Morgan fingerprint density at radius 1 is 0.821 bits per heavy atom. The third-order valence-electron chi connectivity index (χ3n) is 4.38. The average Bonchev–Trinajstić information content (AvgIpc) is 2.63. The Morgan fingerprint density at radius 2 is 1.25 bits per heavy atom. The Labute approximate surface area is 175 Å². The molecule has 0 aromatic rings. The van der Waals surface area contributed by atoms with Crippen LogP contribution in [0.15, 0.2) is 0 Å². The molecule has 1 amide bonds. The fourth-order valence-corrected chi connectivity index (χ4v) is 2.86. The van der Waals surface area contributed by atoms with Crippen LogP contribution in [0.1, 0.15) is 54.4 Å². The number of nitrogens with zero attached hydrogens (tertiary/aromatic N) is 1. The molecule has 0 spiro atoms. The van der Waals surface area contributed by atoms with Crippen LogP contribution in [0, 0.1) is 11.8 Å². The number of Topliss-reactive ketones (excluding diaryl/α,β-unsaturated/α-hetero) is 2. The van der Waals surface area contributed by atoms with Crippen molar-refractivity contribution >= 4 is 29.2 Å². The average molecular weight is 418 g/mol. The van der Waals surface area contributed by atoms with Crippen molar-refractivity contribution in [3.8, 4) is 0 Å². The van der Waals surface area contributed by atoms with Crippen molar-refractivity contribution in [1.29, 1.82) is 0 Å². The molecule has 0 heterocycles. The van der Waals surface area contributed by atoms with Gasteiger partial charge < -0.3 is 14.4 Å². The van der Waals surface area contributed by atoms with Gasteiger partial charge in [0.1, 0.15) is 11.6 Å². The van der Waals surface area contributed by atoms with Crippen molar-refractivity contribution in [2.75, 3.05) is 39.2 Å². The first-order valence-corrected chi connectivity index (χ1v) is 11.2. The summed E-state index contributed by atoms with van der Waals surface area (Å²) in [6.45, 7) is 12.9. The van der Waals surface area contributed by atoms with Crippen molar-refractivity contribution < 1.29 is 23.9 Å². The lowest BCUT2D eigenvalue weighted by atomic mass is 10.1. The molecule has 0 aliphatic carbocycles. The van der Waals surface area contributed by atoms with Crippen LogP contribution in [0.4, 0.5) is 0 Å². The summed E-state index contributed by atoms with van der Waals surface area (Å²) < 4.78 is 11.3. The summed E-state index contributed by atoms with van der Waals surface area (Å²) >= 11 is 1.59. The number of rotatable bonds is 16. The fourth-order valence-electron chi connectivity index (χ4n) is 2.18. The zero-order valence-corrected chi connectivity index (χ0v) is 19.5. The van der Waals surface area contributed by atoms with Gasteiger partial charge in [-0.2, -0.15) is 0 Å². The van der Waals surface area contributed by atoms with E-state index in [1.54, 1.807) is 23.7 Å². The molecule has 0 aromatic heterocycles. The number of amides is 1. The molecule has 0 atom stereocenters. The van der Waals surface area contributed by atoms with Crippen molar-refractivity contribution in [2.24, 2.45) is 11.8 Å². The number of thioether (sulfide) groups is 1. The van der Waals surface area contributed by atoms with Crippen LogP contribution >= 0.6 is 11.8 Å². The molecule has 0 aromatic carbocycles. The van der Waals surface area contributed by atoms with E-state index in [-0.39, 0.29) is 35.4 Å². The molecule has 6 nitrogen and oxygen atoms in total. The highest BCUT2D eigenvalue weighted by molar-refractivity contribution is 8.00. The predicted molar refractivity (Wildman–Crippen MR) is 115 cm³/mol. The summed E-state index contributed by atoms with van der Waals surface area (Å²) in [5.41, 5.74) is 0. The Bertz CT molecular complexity index is 451. The van der Waals surface area contributed by atoms with Crippen LogP contribution < -0.4 is 0 Å². The van der Waals surface area contributed by atoms with Gasteiger partial charge in [-0.1, -0.05) is 41.5 Å². The molecule has 28 heavy (non-hydrogen) atoms. The number of hydrogen-bond acceptors (Lipinski definition) is 6. The van der Waals surface area contributed by atoms with Crippen LogP contribution in [0.2, 0.25) is 0 Å². The largest absolute Gasteiger partial charge is 0.379 e. The monoisotopic (exact) mass is 417 g/mol. The summed E-state index contributed by atoms with van der Waals surface area (Å²) in [6, 6.07) is -0.247. The van der Waals surface area contributed by atoms with E-state index in [1.165, 1.54) is 0 Å². The fraction of sp³-hybridized carbons (Fsp3) is 0.857. The van der Waals surface area contributed by atoms with E-state index < -0.39 is 0 Å². The molecule has 7 heteroatoms. The quantitative estimate of drug-likeness (QED) is 0.359. The Morgan fingerprint density at radius 3 is 1.61 bits per heavy atom. The lowest BCUT2D eigenvalue weighted by Crippen LogP contribution is -2.44. The summed E-state index contributed by atoms with van der Waals surface area (Å²) in [4.78, 5) is 37.5. The number of carbonyl (C=O) groups excluding carboxylic acids is 3. The smallest absolute Gasteiger partial charge is 0.232 e. The van der Waals surface area contributed by atoms with Gasteiger partial charge in [0.05, 0.1) is 38.2 Å². The van der Waals surface area contributed by atoms with Gasteiger partial charge in [-0.25, -0.2) is 0 Å². The minimum Gasteiger partial charge on any atom is -0.379 e. The van der Waals surface area contributed by atoms with Gasteiger partial charge in [0.25, 0.3) is 0 Å². The third-order valence-corrected chi connectivity index (χ3v) is 5.46. The van der Waals surface area contributed by atoms with E-state index in [2.05, 4.69) is 13.8 Å². The Hall–Kier alpha value is -0.920. The zero-order chi connectivity index (χ0) is 21.7. The van der Waals surface area contributed by atoms with Crippen LogP contribution in [0.5, 0.6) is 0 Å². The van der Waals surface area contributed by atoms with Crippen LogP contribution in [-0.4, -0.2) is 72.9 Å². The second kappa shape index (κ2) is 15.0. The van der Waals surface area contributed by atoms with Crippen molar-refractivity contribution in [2.45, 2.75) is 65.7 Å². The Kier molecular flexibility index (Phi) is 14.5. The maximum Gasteiger partial charge on any atom is 0.232 e. The van der Waals surface area contributed by atoms with Crippen molar-refractivity contribution in [1.82, 2.24) is 4.90 Å². The zero-order valence-electron chi connectivity index (χ0n) is 18.7. The second-order valence-electron chi connectivity index (χ2n) is 7.91. The molecule has 0 aliphatic rings. The summed E-state index contributed by atoms with van der Waals surface area (Å²) in [7, 11) is 1.75. The van der Waals surface area contributed by atoms with Gasteiger partial charge in [0.15, 0.2) is 0 Å². The molecular formula is C21H39NO5S. The number of hydrogen-bond donors (Lipinski definition) is 0. The number of carbonyl (C=O) groups is 3. The molecule has 164 valence electrons. The van der Waals surface area contributed by atoms with E-state index in [0.717, 1.165) is 0 Å². The summed E-state index contributed by atoms with van der Waals surface area (Å²) in [5, 5.41) is 0.382. The van der Waals surface area contributed by atoms with Crippen LogP contribution in [0.3, 0.4) is 0 Å². The molecular weight excluding hydrogens is 378 g/mol. The first kappa shape index (κ1) is 27.1. The summed E-state index contributed by atoms with van der Waals surface area (Å²) in [6.07, 6.45) is 0.740. The highest BCUT2D eigenvalue weighted by Gasteiger charge is 2.21. The van der Waals surface area contributed by atoms with E-state index in [4.69, 9.17) is 9.47 Å². The Balaban J connectivity index is 4.57. The maximum absolute atomic E-state index is 12.4. The molecule has 0 saturated carbocycles. The lowest BCUT2D eigenvalue weighted by Gasteiger charge is -2.28. The van der Waals surface area contributed by atoms with Gasteiger partial charge in [0.2, 0.25) is 5.91 Å². The third kappa shape index (κ3) is 12.5. The topological polar surface area (TPSA) is 72.9 Å². The highest BCUT2D eigenvalue weighted by Crippen LogP contribution is 2.11. The first-order chi connectivity index (χ1) is 13.1. The molecule has 0 unspecified atom stereocenters. The van der Waals surface area contributed by atoms with E-state index >= 15 is 0 Å². The van der Waals surface area contributed by atoms with Gasteiger partial charge >= 0.3 is 0 Å². The van der Waals surface area contributed by atoms with Crippen LogP contribution in [0.25, 0.3) is 0 Å². The van der Waals surface area contributed by atoms with E-state index in [1.807, 2.05) is 27.7 Å². The maximum atomic E-state index is 12.4. The first-order valence-electron chi connectivity index (χ1n) is 10.1. The van der Waals surface area contributed by atoms with Crippen molar-refractivity contribution in [3.63, 3.8) is 0 Å². The molecule has 0 bridgehead atoms. The predicted octanol–water partition coefficient (Wildman–Crippen LogP) is 3.22. The number of ether oxygens (including phenoxy) is 2. The standard InChI is InChI=1S/C21H39NO5S/c1-15(2)19(23)8-10-26-12-18(13-27-11-9-20(24)16(3)4)22(7)21(25)14-28-17(5)6/h15-18H,8-14H2,1-7H3. The van der Waals surface area contributed by atoms with Gasteiger partial charge in [-0.05, 0) is 5.25 Å². The minimum atomic E-state index is -0.247. The molecule has 0 aliphatic heterocycles. The van der Waals surface area contributed by atoms with E-state index in [9.17, 15) is 14.4 Å². The minimum absolute atomic E-state index is 0.00136. The molecule has 0 rings (SSSR count). The highest BCUT2D eigenvalue weighted by atomic mass is 32.2. The molecule has 0 fully saturated rings. The summed E-state index contributed by atoms with van der Waals surface area (Å²) in [5.74, 6) is 0.752. The molecule has 0 N–H and O–H groups in total. The second-order valence-corrected chi connectivity index (χ2v) is 9.47. The van der Waals surface area contributed by atoms with Gasteiger partial charge in [-0.3, -0.25) is 14.4 Å². The lowest BCUT2D eigenvalue weighted by molar-refractivity contribution is -0.133. The van der Waals surface area contributed by atoms with Gasteiger partial charge in [-0.15, -0.1) is 11.8 Å². The van der Waals surface area contributed by atoms with E-state index in [0.29, 0.717) is 50.3 Å².